The van der Waals surface area contributed by atoms with Gasteiger partial charge in [0.25, 0.3) is 5.91 Å². The average molecular weight is 603 g/mol. The van der Waals surface area contributed by atoms with Gasteiger partial charge >= 0.3 is 0 Å². The van der Waals surface area contributed by atoms with Crippen molar-refractivity contribution in [1.82, 2.24) is 20.0 Å². The summed E-state index contributed by atoms with van der Waals surface area (Å²) in [5, 5.41) is 9.69. The molecule has 1 atom stereocenters. The Labute approximate surface area is 256 Å². The van der Waals surface area contributed by atoms with Crippen molar-refractivity contribution in [3.8, 4) is 22.4 Å². The molecule has 0 saturated carbocycles. The maximum Gasteiger partial charge on any atom is 0.256 e. The van der Waals surface area contributed by atoms with Crippen molar-refractivity contribution in [1.29, 1.82) is 0 Å². The van der Waals surface area contributed by atoms with Gasteiger partial charge in [-0.05, 0) is 54.8 Å². The lowest BCUT2D eigenvalue weighted by Gasteiger charge is -2.37. The van der Waals surface area contributed by atoms with E-state index in [1.165, 1.54) is 5.56 Å². The molecule has 1 aromatic heterocycles. The topological polar surface area (TPSA) is 69.6 Å². The third-order valence-corrected chi connectivity index (χ3v) is 8.29. The van der Waals surface area contributed by atoms with E-state index >= 15 is 0 Å². The average Bonchev–Trinajstić information content (AvgIpc) is 3.03. The number of anilines is 1. The van der Waals surface area contributed by atoms with Crippen LogP contribution >= 0.6 is 23.2 Å². The summed E-state index contributed by atoms with van der Waals surface area (Å²) in [4.78, 5) is 32.2. The van der Waals surface area contributed by atoms with Crippen LogP contribution in [-0.2, 0) is 4.79 Å². The highest BCUT2D eigenvalue weighted by Gasteiger charge is 2.29. The number of carbonyl (C=O) groups excluding carboxylic acids is 2. The second kappa shape index (κ2) is 13.4. The van der Waals surface area contributed by atoms with Gasteiger partial charge in [-0.1, -0.05) is 84.7 Å². The SMILES string of the molecule is CCC(C)N(CC(=O)N1CCN(c2ccc(-c3ccc(-c4ccccc4)cc3)nn2)CC1)C(=O)c1ccc(Cl)cc1Cl. The molecular formula is C33H33Cl2N5O2. The first-order valence-electron chi connectivity index (χ1n) is 14.1. The monoisotopic (exact) mass is 601 g/mol. The van der Waals surface area contributed by atoms with Crippen molar-refractivity contribution >= 4 is 40.8 Å². The Morgan fingerprint density at radius 1 is 0.833 bits per heavy atom. The van der Waals surface area contributed by atoms with Gasteiger partial charge < -0.3 is 14.7 Å². The van der Waals surface area contributed by atoms with Crippen LogP contribution in [0.2, 0.25) is 10.0 Å². The molecule has 0 radical (unpaired) electrons. The third kappa shape index (κ3) is 6.75. The molecule has 1 unspecified atom stereocenters. The van der Waals surface area contributed by atoms with Crippen molar-refractivity contribution in [3.05, 3.63) is 101 Å². The van der Waals surface area contributed by atoms with E-state index in [0.29, 0.717) is 43.2 Å². The highest BCUT2D eigenvalue weighted by molar-refractivity contribution is 6.36. The summed E-state index contributed by atoms with van der Waals surface area (Å²) in [7, 11) is 0. The first-order chi connectivity index (χ1) is 20.3. The fraction of sp³-hybridized carbons (Fsp3) is 0.273. The summed E-state index contributed by atoms with van der Waals surface area (Å²) in [6.45, 7) is 6.25. The fourth-order valence-corrected chi connectivity index (χ4v) is 5.50. The highest BCUT2D eigenvalue weighted by atomic mass is 35.5. The molecule has 4 aromatic rings. The number of amides is 2. The summed E-state index contributed by atoms with van der Waals surface area (Å²) in [5.74, 6) is 0.414. The normalized spacial score (nSPS) is 14.0. The van der Waals surface area contributed by atoms with E-state index in [1.807, 2.05) is 44.2 Å². The minimum absolute atomic E-state index is 0.00956. The van der Waals surface area contributed by atoms with Gasteiger partial charge in [-0.15, -0.1) is 10.2 Å². The summed E-state index contributed by atoms with van der Waals surface area (Å²) in [6.07, 6.45) is 0.712. The molecule has 3 aromatic carbocycles. The van der Waals surface area contributed by atoms with Crippen molar-refractivity contribution in [2.24, 2.45) is 0 Å². The molecule has 2 heterocycles. The standard InChI is InChI=1S/C33H33Cl2N5O2/c1-3-23(2)40(33(42)28-14-13-27(34)21-29(28)35)22-32(41)39-19-17-38(18-20-39)31-16-15-30(36-37-31)26-11-9-25(10-12-26)24-7-5-4-6-8-24/h4-16,21,23H,3,17-20,22H2,1-2H3. The van der Waals surface area contributed by atoms with Crippen molar-refractivity contribution in [2.75, 3.05) is 37.6 Å². The quantitative estimate of drug-likeness (QED) is 0.224. The lowest BCUT2D eigenvalue weighted by atomic mass is 10.0. The Balaban J connectivity index is 1.18. The zero-order chi connectivity index (χ0) is 29.6. The minimum atomic E-state index is -0.275. The number of aromatic nitrogens is 2. The molecule has 42 heavy (non-hydrogen) atoms. The third-order valence-electron chi connectivity index (χ3n) is 7.75. The number of hydrogen-bond donors (Lipinski definition) is 0. The number of benzene rings is 3. The van der Waals surface area contributed by atoms with Crippen LogP contribution in [0.4, 0.5) is 5.82 Å². The fourth-order valence-electron chi connectivity index (χ4n) is 5.01. The maximum atomic E-state index is 13.3. The molecule has 1 saturated heterocycles. The van der Waals surface area contributed by atoms with E-state index < -0.39 is 0 Å². The largest absolute Gasteiger partial charge is 0.352 e. The van der Waals surface area contributed by atoms with Crippen LogP contribution in [-0.4, -0.2) is 70.6 Å². The first-order valence-corrected chi connectivity index (χ1v) is 14.9. The van der Waals surface area contributed by atoms with E-state index in [4.69, 9.17) is 23.2 Å². The Hall–Kier alpha value is -3.94. The van der Waals surface area contributed by atoms with Gasteiger partial charge in [-0.25, -0.2) is 0 Å². The van der Waals surface area contributed by atoms with E-state index in [0.717, 1.165) is 22.6 Å². The minimum Gasteiger partial charge on any atom is -0.352 e. The number of rotatable bonds is 8. The number of nitrogens with zero attached hydrogens (tertiary/aromatic N) is 5. The smallest absolute Gasteiger partial charge is 0.256 e. The maximum absolute atomic E-state index is 13.3. The lowest BCUT2D eigenvalue weighted by molar-refractivity contribution is -0.132. The Kier molecular flexibility index (Phi) is 9.40. The van der Waals surface area contributed by atoms with E-state index in [-0.39, 0.29) is 29.4 Å². The van der Waals surface area contributed by atoms with Crippen molar-refractivity contribution in [2.45, 2.75) is 26.3 Å². The van der Waals surface area contributed by atoms with Crippen LogP contribution in [0.15, 0.2) is 84.9 Å². The summed E-state index contributed by atoms with van der Waals surface area (Å²) >= 11 is 12.3. The molecule has 5 rings (SSSR count). The zero-order valence-corrected chi connectivity index (χ0v) is 25.2. The van der Waals surface area contributed by atoms with Gasteiger partial charge in [-0.3, -0.25) is 9.59 Å². The molecule has 1 fully saturated rings. The van der Waals surface area contributed by atoms with Gasteiger partial charge in [0.15, 0.2) is 5.82 Å². The summed E-state index contributed by atoms with van der Waals surface area (Å²) in [5.41, 5.74) is 4.48. The Bertz CT molecular complexity index is 1520. The van der Waals surface area contributed by atoms with Crippen LogP contribution in [0, 0.1) is 0 Å². The number of hydrogen-bond acceptors (Lipinski definition) is 5. The van der Waals surface area contributed by atoms with E-state index in [2.05, 4.69) is 51.5 Å². The number of halogens is 2. The molecule has 7 nitrogen and oxygen atoms in total. The molecule has 1 aliphatic heterocycles. The van der Waals surface area contributed by atoms with Crippen LogP contribution in [0.5, 0.6) is 0 Å². The van der Waals surface area contributed by atoms with Gasteiger partial charge in [0, 0.05) is 42.8 Å². The molecule has 9 heteroatoms. The van der Waals surface area contributed by atoms with Gasteiger partial charge in [0.05, 0.1) is 16.3 Å². The molecule has 0 aliphatic carbocycles. The van der Waals surface area contributed by atoms with Crippen molar-refractivity contribution in [3.63, 3.8) is 0 Å². The Morgan fingerprint density at radius 3 is 2.12 bits per heavy atom. The molecule has 0 N–H and O–H groups in total. The summed E-state index contributed by atoms with van der Waals surface area (Å²) in [6, 6.07) is 27.2. The zero-order valence-electron chi connectivity index (χ0n) is 23.7. The van der Waals surface area contributed by atoms with Gasteiger partial charge in [-0.2, -0.15) is 0 Å². The van der Waals surface area contributed by atoms with Crippen LogP contribution < -0.4 is 4.90 Å². The van der Waals surface area contributed by atoms with Crippen LogP contribution in [0.25, 0.3) is 22.4 Å². The predicted molar refractivity (Wildman–Crippen MR) is 169 cm³/mol. The molecule has 0 spiro atoms. The Morgan fingerprint density at radius 2 is 1.50 bits per heavy atom. The van der Waals surface area contributed by atoms with Gasteiger partial charge in [0.2, 0.25) is 5.91 Å². The second-order valence-electron chi connectivity index (χ2n) is 10.4. The second-order valence-corrected chi connectivity index (χ2v) is 11.2. The predicted octanol–water partition coefficient (Wildman–Crippen LogP) is 6.71. The number of carbonyl (C=O) groups is 2. The van der Waals surface area contributed by atoms with Crippen LogP contribution in [0.3, 0.4) is 0 Å². The molecule has 1 aliphatic rings. The van der Waals surface area contributed by atoms with E-state index in [1.54, 1.807) is 28.0 Å². The highest BCUT2D eigenvalue weighted by Crippen LogP contribution is 2.26. The first kappa shape index (κ1) is 29.5. The molecule has 0 bridgehead atoms. The molecular weight excluding hydrogens is 569 g/mol. The number of piperazine rings is 1. The van der Waals surface area contributed by atoms with Gasteiger partial charge in [0.1, 0.15) is 6.54 Å². The molecule has 216 valence electrons. The molecule has 2 amide bonds. The van der Waals surface area contributed by atoms with Crippen molar-refractivity contribution < 1.29 is 9.59 Å². The lowest BCUT2D eigenvalue weighted by Crippen LogP contribution is -2.53. The van der Waals surface area contributed by atoms with Crippen LogP contribution in [0.1, 0.15) is 30.6 Å². The summed E-state index contributed by atoms with van der Waals surface area (Å²) < 4.78 is 0. The van der Waals surface area contributed by atoms with E-state index in [9.17, 15) is 9.59 Å².